The third kappa shape index (κ3) is 4.89. The van der Waals surface area contributed by atoms with Gasteiger partial charge in [0.05, 0.1) is 30.2 Å². The van der Waals surface area contributed by atoms with Crippen molar-refractivity contribution in [3.05, 3.63) is 70.1 Å². The third-order valence-electron chi connectivity index (χ3n) is 4.54. The van der Waals surface area contributed by atoms with Gasteiger partial charge in [0, 0.05) is 5.75 Å². The summed E-state index contributed by atoms with van der Waals surface area (Å²) >= 11 is 1.22. The molecule has 1 aliphatic heterocycles. The highest BCUT2D eigenvalue weighted by Gasteiger charge is 2.39. The number of thioether (sulfide) groups is 1. The second kappa shape index (κ2) is 9.76. The van der Waals surface area contributed by atoms with Crippen molar-refractivity contribution in [3.63, 3.8) is 0 Å². The summed E-state index contributed by atoms with van der Waals surface area (Å²) in [5, 5.41) is 9.21. The number of aliphatic hydroxyl groups is 1. The van der Waals surface area contributed by atoms with Gasteiger partial charge in [-0.3, -0.25) is 14.5 Å². The highest BCUT2D eigenvalue weighted by molar-refractivity contribution is 8.04. The van der Waals surface area contributed by atoms with E-state index in [1.54, 1.807) is 12.1 Å². The van der Waals surface area contributed by atoms with E-state index >= 15 is 0 Å². The zero-order valence-corrected chi connectivity index (χ0v) is 17.5. The standard InChI is InChI=1S/C23H25NO4S/c1-3-13-28-19-10-8-18(9-11-19)20-21(29-14-12-25)23(27)24(22(20)26)15-17-6-4-16(2)5-7-17/h4-11,25H,3,12-15H2,1-2H3. The normalized spacial score (nSPS) is 14.1. The molecule has 1 N–H and O–H groups in total. The maximum Gasteiger partial charge on any atom is 0.268 e. The van der Waals surface area contributed by atoms with Gasteiger partial charge in [-0.1, -0.05) is 48.9 Å². The number of benzene rings is 2. The molecule has 0 saturated heterocycles. The van der Waals surface area contributed by atoms with Crippen LogP contribution in [-0.2, 0) is 16.1 Å². The Hall–Kier alpha value is -2.57. The molecule has 0 saturated carbocycles. The van der Waals surface area contributed by atoms with Crippen LogP contribution >= 0.6 is 11.8 Å². The minimum atomic E-state index is -0.310. The van der Waals surface area contributed by atoms with E-state index in [1.165, 1.54) is 16.7 Å². The molecule has 0 fully saturated rings. The van der Waals surface area contributed by atoms with Crippen molar-refractivity contribution in [1.82, 2.24) is 4.90 Å². The lowest BCUT2D eigenvalue weighted by Crippen LogP contribution is -2.31. The van der Waals surface area contributed by atoms with Crippen LogP contribution in [0.1, 0.15) is 30.0 Å². The third-order valence-corrected chi connectivity index (χ3v) is 5.59. The predicted octanol–water partition coefficient (Wildman–Crippen LogP) is 3.79. The summed E-state index contributed by atoms with van der Waals surface area (Å²) in [5.74, 6) is 0.469. The first kappa shape index (κ1) is 21.1. The Morgan fingerprint density at radius 2 is 1.69 bits per heavy atom. The fraction of sp³-hybridized carbons (Fsp3) is 0.304. The number of imide groups is 1. The highest BCUT2D eigenvalue weighted by Crippen LogP contribution is 2.37. The lowest BCUT2D eigenvalue weighted by atomic mass is 10.1. The first-order chi connectivity index (χ1) is 14.0. The van der Waals surface area contributed by atoms with Gasteiger partial charge in [0.25, 0.3) is 11.8 Å². The van der Waals surface area contributed by atoms with Gasteiger partial charge in [0.2, 0.25) is 0 Å². The quantitative estimate of drug-likeness (QED) is 0.636. The molecule has 2 amide bonds. The Bertz CT molecular complexity index is 903. The van der Waals surface area contributed by atoms with Gasteiger partial charge in [0.15, 0.2) is 0 Å². The molecule has 2 aromatic rings. The van der Waals surface area contributed by atoms with E-state index in [-0.39, 0.29) is 25.0 Å². The zero-order chi connectivity index (χ0) is 20.8. The maximum absolute atomic E-state index is 13.2. The highest BCUT2D eigenvalue weighted by atomic mass is 32.2. The van der Waals surface area contributed by atoms with Gasteiger partial charge in [-0.15, -0.1) is 11.8 Å². The number of amides is 2. The molecule has 0 bridgehead atoms. The average molecular weight is 412 g/mol. The molecule has 0 unspecified atom stereocenters. The Balaban J connectivity index is 1.88. The van der Waals surface area contributed by atoms with Crippen LogP contribution in [0.4, 0.5) is 0 Å². The molecular formula is C23H25NO4S. The lowest BCUT2D eigenvalue weighted by molar-refractivity contribution is -0.137. The van der Waals surface area contributed by atoms with E-state index in [9.17, 15) is 14.7 Å². The van der Waals surface area contributed by atoms with Crippen molar-refractivity contribution in [2.45, 2.75) is 26.8 Å². The van der Waals surface area contributed by atoms with E-state index in [0.717, 1.165) is 23.3 Å². The Morgan fingerprint density at radius 3 is 2.31 bits per heavy atom. The molecule has 1 aliphatic rings. The van der Waals surface area contributed by atoms with Crippen LogP contribution in [0.5, 0.6) is 5.75 Å². The molecule has 152 valence electrons. The number of aliphatic hydroxyl groups excluding tert-OH is 1. The molecule has 2 aromatic carbocycles. The molecular weight excluding hydrogens is 386 g/mol. The SMILES string of the molecule is CCCOc1ccc(C2=C(SCCO)C(=O)N(Cc3ccc(C)cc3)C2=O)cc1. The summed E-state index contributed by atoms with van der Waals surface area (Å²) < 4.78 is 5.61. The Kier molecular flexibility index (Phi) is 7.12. The number of hydrogen-bond acceptors (Lipinski definition) is 5. The van der Waals surface area contributed by atoms with Gasteiger partial charge in [0.1, 0.15) is 5.75 Å². The Labute approximate surface area is 175 Å². The van der Waals surface area contributed by atoms with Gasteiger partial charge < -0.3 is 9.84 Å². The van der Waals surface area contributed by atoms with E-state index in [0.29, 0.717) is 28.4 Å². The second-order valence-electron chi connectivity index (χ2n) is 6.83. The summed E-state index contributed by atoms with van der Waals surface area (Å²) in [6, 6.07) is 15.0. The topological polar surface area (TPSA) is 66.8 Å². The lowest BCUT2D eigenvalue weighted by Gasteiger charge is -2.15. The molecule has 6 heteroatoms. The average Bonchev–Trinajstić information content (AvgIpc) is 2.96. The van der Waals surface area contributed by atoms with E-state index in [2.05, 4.69) is 0 Å². The number of carbonyl (C=O) groups excluding carboxylic acids is 2. The first-order valence-corrected chi connectivity index (χ1v) is 10.7. The molecule has 0 aromatic heterocycles. The number of hydrogen-bond donors (Lipinski definition) is 1. The summed E-state index contributed by atoms with van der Waals surface area (Å²) in [4.78, 5) is 27.8. The van der Waals surface area contributed by atoms with Crippen LogP contribution in [-0.4, -0.2) is 40.8 Å². The van der Waals surface area contributed by atoms with Gasteiger partial charge in [-0.2, -0.15) is 0 Å². The van der Waals surface area contributed by atoms with Gasteiger partial charge in [-0.25, -0.2) is 0 Å². The van der Waals surface area contributed by atoms with Crippen LogP contribution in [0.15, 0.2) is 53.4 Å². The van der Waals surface area contributed by atoms with Crippen molar-refractivity contribution in [2.75, 3.05) is 19.0 Å². The van der Waals surface area contributed by atoms with E-state index < -0.39 is 0 Å². The second-order valence-corrected chi connectivity index (χ2v) is 7.94. The number of rotatable bonds is 9. The fourth-order valence-corrected chi connectivity index (χ4v) is 3.93. The molecule has 1 heterocycles. The number of nitrogens with zero attached hydrogens (tertiary/aromatic N) is 1. The monoisotopic (exact) mass is 411 g/mol. The van der Waals surface area contributed by atoms with Crippen LogP contribution in [0.3, 0.4) is 0 Å². The molecule has 0 aliphatic carbocycles. The molecule has 0 atom stereocenters. The summed E-state index contributed by atoms with van der Waals surface area (Å²) in [6.07, 6.45) is 0.913. The molecule has 29 heavy (non-hydrogen) atoms. The minimum Gasteiger partial charge on any atom is -0.494 e. The number of ether oxygens (including phenoxy) is 1. The van der Waals surface area contributed by atoms with Crippen molar-refractivity contribution in [3.8, 4) is 5.75 Å². The predicted molar refractivity (Wildman–Crippen MR) is 115 cm³/mol. The summed E-state index contributed by atoms with van der Waals surface area (Å²) in [7, 11) is 0. The van der Waals surface area contributed by atoms with Crippen molar-refractivity contribution >= 4 is 29.1 Å². The van der Waals surface area contributed by atoms with Crippen LogP contribution < -0.4 is 4.74 Å². The summed E-state index contributed by atoms with van der Waals surface area (Å²) in [6.45, 7) is 4.82. The Morgan fingerprint density at radius 1 is 1.00 bits per heavy atom. The smallest absolute Gasteiger partial charge is 0.268 e. The first-order valence-electron chi connectivity index (χ1n) is 9.68. The fourth-order valence-electron chi connectivity index (χ4n) is 3.05. The molecule has 0 radical (unpaired) electrons. The zero-order valence-electron chi connectivity index (χ0n) is 16.7. The summed E-state index contributed by atoms with van der Waals surface area (Å²) in [5.41, 5.74) is 3.09. The minimum absolute atomic E-state index is 0.0648. The molecule has 5 nitrogen and oxygen atoms in total. The van der Waals surface area contributed by atoms with Crippen LogP contribution in [0, 0.1) is 6.92 Å². The number of aryl methyl sites for hydroxylation is 1. The van der Waals surface area contributed by atoms with Crippen LogP contribution in [0.25, 0.3) is 5.57 Å². The maximum atomic E-state index is 13.2. The largest absolute Gasteiger partial charge is 0.494 e. The van der Waals surface area contributed by atoms with Crippen LogP contribution in [0.2, 0.25) is 0 Å². The van der Waals surface area contributed by atoms with Crippen molar-refractivity contribution in [1.29, 1.82) is 0 Å². The van der Waals surface area contributed by atoms with Gasteiger partial charge in [-0.05, 0) is 36.6 Å². The van der Waals surface area contributed by atoms with E-state index in [4.69, 9.17) is 4.74 Å². The molecule has 0 spiro atoms. The van der Waals surface area contributed by atoms with Crippen molar-refractivity contribution < 1.29 is 19.4 Å². The number of carbonyl (C=O) groups is 2. The molecule has 3 rings (SSSR count). The van der Waals surface area contributed by atoms with E-state index in [1.807, 2.05) is 50.2 Å². The van der Waals surface area contributed by atoms with Gasteiger partial charge >= 0.3 is 0 Å². The van der Waals surface area contributed by atoms with Crippen molar-refractivity contribution in [2.24, 2.45) is 0 Å².